The normalized spacial score (nSPS) is 19.6. The summed E-state index contributed by atoms with van der Waals surface area (Å²) >= 11 is 0. The van der Waals surface area contributed by atoms with Gasteiger partial charge in [-0.1, -0.05) is 0 Å². The fourth-order valence-corrected chi connectivity index (χ4v) is 2.79. The SMILES string of the molecule is COc1ccc2c(c1C1CCNCC1)OCCO2. The van der Waals surface area contributed by atoms with Crippen LogP contribution >= 0.6 is 0 Å². The van der Waals surface area contributed by atoms with Crippen molar-refractivity contribution in [1.82, 2.24) is 5.32 Å². The maximum atomic E-state index is 5.82. The van der Waals surface area contributed by atoms with Gasteiger partial charge in [-0.3, -0.25) is 0 Å². The van der Waals surface area contributed by atoms with Gasteiger partial charge in [0.25, 0.3) is 0 Å². The Morgan fingerprint density at radius 1 is 1.17 bits per heavy atom. The lowest BCUT2D eigenvalue weighted by Crippen LogP contribution is -2.27. The Hall–Kier alpha value is -1.42. The van der Waals surface area contributed by atoms with E-state index in [2.05, 4.69) is 5.32 Å². The molecule has 1 aromatic rings. The Bertz CT molecular complexity index is 427. The lowest BCUT2D eigenvalue weighted by atomic mass is 9.88. The quantitative estimate of drug-likeness (QED) is 0.869. The molecule has 1 N–H and O–H groups in total. The number of piperidine rings is 1. The van der Waals surface area contributed by atoms with Crippen molar-refractivity contribution in [3.63, 3.8) is 0 Å². The highest BCUT2D eigenvalue weighted by Gasteiger charge is 2.27. The van der Waals surface area contributed by atoms with E-state index in [-0.39, 0.29) is 0 Å². The first-order valence-electron chi connectivity index (χ1n) is 6.57. The second-order valence-corrected chi connectivity index (χ2v) is 4.73. The molecule has 98 valence electrons. The summed E-state index contributed by atoms with van der Waals surface area (Å²) in [6, 6.07) is 3.93. The lowest BCUT2D eigenvalue weighted by molar-refractivity contribution is 0.167. The number of rotatable bonds is 2. The standard InChI is InChI=1S/C14H19NO3/c1-16-11-2-3-12-14(18-9-8-17-12)13(11)10-4-6-15-7-5-10/h2-3,10,15H,4-9H2,1H3. The van der Waals surface area contributed by atoms with Crippen molar-refractivity contribution in [2.24, 2.45) is 0 Å². The van der Waals surface area contributed by atoms with E-state index >= 15 is 0 Å². The molecule has 1 saturated heterocycles. The van der Waals surface area contributed by atoms with Gasteiger partial charge in [-0.2, -0.15) is 0 Å². The van der Waals surface area contributed by atoms with Gasteiger partial charge in [-0.25, -0.2) is 0 Å². The number of hydrogen-bond donors (Lipinski definition) is 1. The fraction of sp³-hybridized carbons (Fsp3) is 0.571. The number of hydrogen-bond acceptors (Lipinski definition) is 4. The molecule has 2 aliphatic rings. The van der Waals surface area contributed by atoms with Gasteiger partial charge in [-0.15, -0.1) is 0 Å². The Balaban J connectivity index is 2.03. The van der Waals surface area contributed by atoms with Crippen LogP contribution in [0.25, 0.3) is 0 Å². The van der Waals surface area contributed by atoms with Crippen LogP contribution in [0.15, 0.2) is 12.1 Å². The second kappa shape index (κ2) is 5.06. The van der Waals surface area contributed by atoms with Gasteiger partial charge in [0.05, 0.1) is 7.11 Å². The average Bonchev–Trinajstić information content (AvgIpc) is 2.47. The molecule has 0 aliphatic carbocycles. The zero-order valence-corrected chi connectivity index (χ0v) is 10.7. The van der Waals surface area contributed by atoms with Crippen molar-refractivity contribution in [2.45, 2.75) is 18.8 Å². The van der Waals surface area contributed by atoms with Gasteiger partial charge < -0.3 is 19.5 Å². The molecule has 2 aliphatic heterocycles. The molecule has 0 bridgehead atoms. The summed E-state index contributed by atoms with van der Waals surface area (Å²) in [4.78, 5) is 0. The highest BCUT2D eigenvalue weighted by Crippen LogP contribution is 2.45. The molecule has 0 radical (unpaired) electrons. The van der Waals surface area contributed by atoms with Crippen LogP contribution in [0.1, 0.15) is 24.3 Å². The third kappa shape index (κ3) is 2.01. The van der Waals surface area contributed by atoms with Gasteiger partial charge in [0, 0.05) is 5.56 Å². The van der Waals surface area contributed by atoms with Crippen molar-refractivity contribution >= 4 is 0 Å². The van der Waals surface area contributed by atoms with Crippen molar-refractivity contribution in [3.05, 3.63) is 17.7 Å². The van der Waals surface area contributed by atoms with Gasteiger partial charge in [0.1, 0.15) is 19.0 Å². The smallest absolute Gasteiger partial charge is 0.168 e. The minimum atomic E-state index is 0.498. The van der Waals surface area contributed by atoms with E-state index < -0.39 is 0 Å². The zero-order chi connectivity index (χ0) is 12.4. The molecule has 4 heteroatoms. The minimum absolute atomic E-state index is 0.498. The van der Waals surface area contributed by atoms with Crippen LogP contribution in [-0.4, -0.2) is 33.4 Å². The van der Waals surface area contributed by atoms with Crippen molar-refractivity contribution in [1.29, 1.82) is 0 Å². The monoisotopic (exact) mass is 249 g/mol. The first kappa shape index (κ1) is 11.7. The van der Waals surface area contributed by atoms with E-state index in [9.17, 15) is 0 Å². The molecule has 0 atom stereocenters. The molecule has 18 heavy (non-hydrogen) atoms. The van der Waals surface area contributed by atoms with E-state index in [1.54, 1.807) is 7.11 Å². The molecule has 0 aromatic heterocycles. The first-order valence-corrected chi connectivity index (χ1v) is 6.57. The number of nitrogens with one attached hydrogen (secondary N) is 1. The molecular formula is C14H19NO3. The summed E-state index contributed by atoms with van der Waals surface area (Å²) in [6.45, 7) is 3.36. The summed E-state index contributed by atoms with van der Waals surface area (Å²) in [7, 11) is 1.72. The van der Waals surface area contributed by atoms with Crippen LogP contribution in [0.4, 0.5) is 0 Å². The van der Waals surface area contributed by atoms with Gasteiger partial charge in [-0.05, 0) is 44.0 Å². The molecule has 2 heterocycles. The predicted octanol–water partition coefficient (Wildman–Crippen LogP) is 1.93. The topological polar surface area (TPSA) is 39.7 Å². The number of fused-ring (bicyclic) bond motifs is 1. The van der Waals surface area contributed by atoms with Crippen molar-refractivity contribution in [2.75, 3.05) is 33.4 Å². The van der Waals surface area contributed by atoms with E-state index in [0.717, 1.165) is 43.2 Å². The van der Waals surface area contributed by atoms with Crippen LogP contribution in [0.5, 0.6) is 17.2 Å². The maximum Gasteiger partial charge on any atom is 0.168 e. The molecular weight excluding hydrogens is 230 g/mol. The Morgan fingerprint density at radius 3 is 2.72 bits per heavy atom. The highest BCUT2D eigenvalue weighted by molar-refractivity contribution is 5.56. The van der Waals surface area contributed by atoms with Crippen molar-refractivity contribution in [3.8, 4) is 17.2 Å². The number of methoxy groups -OCH3 is 1. The molecule has 0 amide bonds. The fourth-order valence-electron chi connectivity index (χ4n) is 2.79. The van der Waals surface area contributed by atoms with Crippen LogP contribution in [0.2, 0.25) is 0 Å². The molecule has 0 saturated carbocycles. The minimum Gasteiger partial charge on any atom is -0.496 e. The Labute approximate surface area is 107 Å². The number of benzene rings is 1. The molecule has 4 nitrogen and oxygen atoms in total. The molecule has 0 spiro atoms. The molecule has 1 aromatic carbocycles. The molecule has 0 unspecified atom stereocenters. The third-order valence-corrected chi connectivity index (χ3v) is 3.67. The largest absolute Gasteiger partial charge is 0.496 e. The lowest BCUT2D eigenvalue weighted by Gasteiger charge is -2.29. The summed E-state index contributed by atoms with van der Waals surface area (Å²) in [5, 5.41) is 3.39. The van der Waals surface area contributed by atoms with Crippen molar-refractivity contribution < 1.29 is 14.2 Å². The summed E-state index contributed by atoms with van der Waals surface area (Å²) in [5.74, 6) is 3.17. The second-order valence-electron chi connectivity index (χ2n) is 4.73. The van der Waals surface area contributed by atoms with E-state index in [0.29, 0.717) is 19.1 Å². The zero-order valence-electron chi connectivity index (χ0n) is 10.7. The maximum absolute atomic E-state index is 5.82. The third-order valence-electron chi connectivity index (χ3n) is 3.67. The predicted molar refractivity (Wildman–Crippen MR) is 68.8 cm³/mol. The molecule has 3 rings (SSSR count). The molecule has 1 fully saturated rings. The van der Waals surface area contributed by atoms with Gasteiger partial charge in [0.15, 0.2) is 11.5 Å². The highest BCUT2D eigenvalue weighted by atomic mass is 16.6. The Kier molecular flexibility index (Phi) is 3.28. The summed E-state index contributed by atoms with van der Waals surface area (Å²) in [5.41, 5.74) is 1.19. The van der Waals surface area contributed by atoms with E-state index in [1.165, 1.54) is 5.56 Å². The summed E-state index contributed by atoms with van der Waals surface area (Å²) < 4.78 is 17.0. The summed E-state index contributed by atoms with van der Waals surface area (Å²) in [6.07, 6.45) is 2.24. The average molecular weight is 249 g/mol. The first-order chi connectivity index (χ1) is 8.90. The number of ether oxygens (including phenoxy) is 3. The van der Waals surface area contributed by atoms with Crippen LogP contribution in [0, 0.1) is 0 Å². The van der Waals surface area contributed by atoms with Gasteiger partial charge >= 0.3 is 0 Å². The van der Waals surface area contributed by atoms with Crippen LogP contribution in [0.3, 0.4) is 0 Å². The van der Waals surface area contributed by atoms with Crippen LogP contribution in [-0.2, 0) is 0 Å². The Morgan fingerprint density at radius 2 is 1.94 bits per heavy atom. The van der Waals surface area contributed by atoms with Crippen LogP contribution < -0.4 is 19.5 Å². The van der Waals surface area contributed by atoms with Gasteiger partial charge in [0.2, 0.25) is 0 Å². The van der Waals surface area contributed by atoms with E-state index in [4.69, 9.17) is 14.2 Å². The van der Waals surface area contributed by atoms with E-state index in [1.807, 2.05) is 12.1 Å².